The van der Waals surface area contributed by atoms with Crippen LogP contribution in [0.1, 0.15) is 38.5 Å². The lowest BCUT2D eigenvalue weighted by atomic mass is 9.78. The van der Waals surface area contributed by atoms with Gasteiger partial charge in [0.05, 0.1) is 0 Å². The number of piperidine rings is 1. The molecule has 0 aromatic carbocycles. The van der Waals surface area contributed by atoms with Crippen LogP contribution in [0.2, 0.25) is 0 Å². The second kappa shape index (κ2) is 5.83. The van der Waals surface area contributed by atoms with E-state index in [9.17, 15) is 4.79 Å². The van der Waals surface area contributed by atoms with Crippen molar-refractivity contribution < 1.29 is 9.53 Å². The number of likely N-dealkylation sites (tertiary alicyclic amines) is 1. The Kier molecular flexibility index (Phi) is 4.40. The maximum absolute atomic E-state index is 12.3. The topological polar surface area (TPSA) is 55.6 Å². The van der Waals surface area contributed by atoms with Gasteiger partial charge in [0.25, 0.3) is 5.91 Å². The summed E-state index contributed by atoms with van der Waals surface area (Å²) in [5.41, 5.74) is 5.59. The van der Waals surface area contributed by atoms with Crippen LogP contribution in [0.25, 0.3) is 0 Å². The fourth-order valence-electron chi connectivity index (χ4n) is 3.38. The fraction of sp³-hybridized carbons (Fsp3) is 0.923. The number of ether oxygens (including phenoxy) is 1. The first-order valence-electron chi connectivity index (χ1n) is 6.81. The normalized spacial score (nSPS) is 30.8. The van der Waals surface area contributed by atoms with E-state index < -0.39 is 6.10 Å². The van der Waals surface area contributed by atoms with Gasteiger partial charge in [-0.25, -0.2) is 0 Å². The Bertz CT molecular complexity index is 264. The summed E-state index contributed by atoms with van der Waals surface area (Å²) in [6, 6.07) is 0.453. The summed E-state index contributed by atoms with van der Waals surface area (Å²) in [5, 5.41) is 0. The quantitative estimate of drug-likeness (QED) is 0.805. The van der Waals surface area contributed by atoms with Gasteiger partial charge in [-0.05, 0) is 31.6 Å². The lowest BCUT2D eigenvalue weighted by Crippen LogP contribution is -2.54. The summed E-state index contributed by atoms with van der Waals surface area (Å²) < 4.78 is 5.18. The van der Waals surface area contributed by atoms with E-state index in [1.54, 1.807) is 7.11 Å². The monoisotopic (exact) mass is 240 g/mol. The summed E-state index contributed by atoms with van der Waals surface area (Å²) in [6.45, 7) is 1.17. The van der Waals surface area contributed by atoms with Crippen LogP contribution in [-0.2, 0) is 9.53 Å². The van der Waals surface area contributed by atoms with Crippen LogP contribution in [0.3, 0.4) is 0 Å². The molecule has 0 aromatic rings. The Morgan fingerprint density at radius 3 is 2.76 bits per heavy atom. The molecule has 17 heavy (non-hydrogen) atoms. The smallest absolute Gasteiger partial charge is 0.253 e. The molecule has 98 valence electrons. The predicted molar refractivity (Wildman–Crippen MR) is 66.5 cm³/mol. The zero-order chi connectivity index (χ0) is 12.3. The first kappa shape index (κ1) is 12.8. The summed E-state index contributed by atoms with van der Waals surface area (Å²) in [6.07, 6.45) is 7.00. The van der Waals surface area contributed by atoms with E-state index in [1.165, 1.54) is 25.7 Å². The molecule has 2 N–H and O–H groups in total. The van der Waals surface area contributed by atoms with Gasteiger partial charge in [0.1, 0.15) is 6.10 Å². The van der Waals surface area contributed by atoms with Crippen molar-refractivity contribution >= 4 is 5.91 Å². The van der Waals surface area contributed by atoms with Crippen molar-refractivity contribution in [1.82, 2.24) is 4.90 Å². The van der Waals surface area contributed by atoms with Crippen molar-refractivity contribution in [2.45, 2.75) is 50.7 Å². The third kappa shape index (κ3) is 2.63. The molecule has 1 aliphatic heterocycles. The molecular weight excluding hydrogens is 216 g/mol. The zero-order valence-electron chi connectivity index (χ0n) is 10.7. The van der Waals surface area contributed by atoms with Crippen LogP contribution in [0.15, 0.2) is 0 Å². The van der Waals surface area contributed by atoms with Crippen LogP contribution >= 0.6 is 0 Å². The third-order valence-corrected chi connectivity index (χ3v) is 4.30. The largest absolute Gasteiger partial charge is 0.370 e. The van der Waals surface area contributed by atoms with Crippen molar-refractivity contribution in [3.8, 4) is 0 Å². The fourth-order valence-corrected chi connectivity index (χ4v) is 3.38. The molecule has 1 saturated heterocycles. The van der Waals surface area contributed by atoms with E-state index >= 15 is 0 Å². The van der Waals surface area contributed by atoms with Gasteiger partial charge in [0.15, 0.2) is 0 Å². The Morgan fingerprint density at radius 1 is 1.35 bits per heavy atom. The standard InChI is InChI=1S/C13H24N2O2/c1-17-12(9-14)13(16)15-8-4-6-10-5-2-3-7-11(10)15/h10-12H,2-9,14H2,1H3. The summed E-state index contributed by atoms with van der Waals surface area (Å²) in [4.78, 5) is 14.4. The molecule has 2 rings (SSSR count). The molecule has 0 bridgehead atoms. The molecule has 1 heterocycles. The van der Waals surface area contributed by atoms with Crippen LogP contribution in [0, 0.1) is 5.92 Å². The molecule has 0 spiro atoms. The highest BCUT2D eigenvalue weighted by Crippen LogP contribution is 2.35. The van der Waals surface area contributed by atoms with Crippen molar-refractivity contribution in [1.29, 1.82) is 0 Å². The highest BCUT2D eigenvalue weighted by molar-refractivity contribution is 5.81. The van der Waals surface area contributed by atoms with Gasteiger partial charge in [0, 0.05) is 26.2 Å². The van der Waals surface area contributed by atoms with E-state index in [-0.39, 0.29) is 12.5 Å². The molecular formula is C13H24N2O2. The number of methoxy groups -OCH3 is 1. The minimum Gasteiger partial charge on any atom is -0.370 e. The van der Waals surface area contributed by atoms with Crippen LogP contribution in [0.5, 0.6) is 0 Å². The number of fused-ring (bicyclic) bond motifs is 1. The van der Waals surface area contributed by atoms with E-state index in [0.29, 0.717) is 6.04 Å². The SMILES string of the molecule is COC(CN)C(=O)N1CCCC2CCCCC21. The Morgan fingerprint density at radius 2 is 2.06 bits per heavy atom. The first-order chi connectivity index (χ1) is 8.27. The average Bonchev–Trinajstić information content (AvgIpc) is 2.39. The highest BCUT2D eigenvalue weighted by Gasteiger charge is 2.37. The Hall–Kier alpha value is -0.610. The number of amides is 1. The van der Waals surface area contributed by atoms with Gasteiger partial charge < -0.3 is 15.4 Å². The molecule has 3 unspecified atom stereocenters. The molecule has 4 heteroatoms. The third-order valence-electron chi connectivity index (χ3n) is 4.30. The molecule has 1 saturated carbocycles. The maximum atomic E-state index is 12.3. The van der Waals surface area contributed by atoms with Crippen LogP contribution < -0.4 is 5.73 Å². The number of carbonyl (C=O) groups excluding carboxylic acids is 1. The summed E-state index contributed by atoms with van der Waals surface area (Å²) in [5.74, 6) is 0.823. The lowest BCUT2D eigenvalue weighted by molar-refractivity contribution is -0.147. The summed E-state index contributed by atoms with van der Waals surface area (Å²) in [7, 11) is 1.57. The molecule has 1 amide bonds. The highest BCUT2D eigenvalue weighted by atomic mass is 16.5. The van der Waals surface area contributed by atoms with Gasteiger partial charge >= 0.3 is 0 Å². The molecule has 2 aliphatic rings. The lowest BCUT2D eigenvalue weighted by Gasteiger charge is -2.45. The second-order valence-electron chi connectivity index (χ2n) is 5.25. The van der Waals surface area contributed by atoms with E-state index in [4.69, 9.17) is 10.5 Å². The van der Waals surface area contributed by atoms with Crippen LogP contribution in [-0.4, -0.2) is 43.2 Å². The van der Waals surface area contributed by atoms with Crippen molar-refractivity contribution in [2.75, 3.05) is 20.2 Å². The maximum Gasteiger partial charge on any atom is 0.253 e. The van der Waals surface area contributed by atoms with Gasteiger partial charge in [-0.1, -0.05) is 12.8 Å². The van der Waals surface area contributed by atoms with E-state index in [1.807, 2.05) is 4.90 Å². The number of hydrogen-bond donors (Lipinski definition) is 1. The number of rotatable bonds is 3. The first-order valence-corrected chi connectivity index (χ1v) is 6.81. The minimum atomic E-state index is -0.448. The van der Waals surface area contributed by atoms with Crippen LogP contribution in [0.4, 0.5) is 0 Å². The van der Waals surface area contributed by atoms with E-state index in [0.717, 1.165) is 25.3 Å². The predicted octanol–water partition coefficient (Wildman–Crippen LogP) is 1.14. The number of nitrogens with zero attached hydrogens (tertiary/aromatic N) is 1. The molecule has 3 atom stereocenters. The second-order valence-corrected chi connectivity index (χ2v) is 5.25. The molecule has 0 aromatic heterocycles. The number of hydrogen-bond acceptors (Lipinski definition) is 3. The number of nitrogens with two attached hydrogens (primary N) is 1. The van der Waals surface area contributed by atoms with Crippen molar-refractivity contribution in [3.63, 3.8) is 0 Å². The van der Waals surface area contributed by atoms with Crippen molar-refractivity contribution in [3.05, 3.63) is 0 Å². The molecule has 1 aliphatic carbocycles. The Balaban J connectivity index is 2.05. The van der Waals surface area contributed by atoms with Gasteiger partial charge in [-0.2, -0.15) is 0 Å². The zero-order valence-corrected chi connectivity index (χ0v) is 10.7. The van der Waals surface area contributed by atoms with Gasteiger partial charge in [-0.15, -0.1) is 0 Å². The van der Waals surface area contributed by atoms with Gasteiger partial charge in [0.2, 0.25) is 0 Å². The Labute approximate surface area is 103 Å². The average molecular weight is 240 g/mol. The molecule has 0 radical (unpaired) electrons. The molecule has 2 fully saturated rings. The van der Waals surface area contributed by atoms with Gasteiger partial charge in [-0.3, -0.25) is 4.79 Å². The number of carbonyl (C=O) groups is 1. The van der Waals surface area contributed by atoms with E-state index in [2.05, 4.69) is 0 Å². The van der Waals surface area contributed by atoms with Crippen molar-refractivity contribution in [2.24, 2.45) is 11.7 Å². The summed E-state index contributed by atoms with van der Waals surface area (Å²) >= 11 is 0. The molecule has 4 nitrogen and oxygen atoms in total. The minimum absolute atomic E-state index is 0.103.